The molecule has 1 aromatic heterocycles. The van der Waals surface area contributed by atoms with Gasteiger partial charge in [-0.1, -0.05) is 24.3 Å². The van der Waals surface area contributed by atoms with Crippen molar-refractivity contribution in [3.63, 3.8) is 0 Å². The lowest BCUT2D eigenvalue weighted by molar-refractivity contribution is -0.116. The summed E-state index contributed by atoms with van der Waals surface area (Å²) >= 11 is 1.66. The maximum Gasteiger partial charge on any atom is 0.224 e. The summed E-state index contributed by atoms with van der Waals surface area (Å²) < 4.78 is 11.3. The van der Waals surface area contributed by atoms with E-state index in [1.807, 2.05) is 41.8 Å². The van der Waals surface area contributed by atoms with Gasteiger partial charge >= 0.3 is 0 Å². The first-order valence-electron chi connectivity index (χ1n) is 6.35. The smallest absolute Gasteiger partial charge is 0.224 e. The highest BCUT2D eigenvalue weighted by molar-refractivity contribution is 7.83. The molecule has 1 aromatic carbocycles. The molecular formula is C15H17NO2S2. The summed E-state index contributed by atoms with van der Waals surface area (Å²) in [5.41, 5.74) is 1.68. The van der Waals surface area contributed by atoms with Crippen LogP contribution in [0.2, 0.25) is 0 Å². The normalized spacial score (nSPS) is 12.1. The van der Waals surface area contributed by atoms with Crippen LogP contribution in [0.25, 0.3) is 0 Å². The number of para-hydroxylation sites is 1. The van der Waals surface area contributed by atoms with Crippen LogP contribution >= 0.6 is 11.3 Å². The molecular weight excluding hydrogens is 290 g/mol. The molecule has 0 unspecified atom stereocenters. The Morgan fingerprint density at radius 3 is 2.75 bits per heavy atom. The van der Waals surface area contributed by atoms with E-state index < -0.39 is 10.8 Å². The fourth-order valence-electron chi connectivity index (χ4n) is 1.89. The molecule has 0 aliphatic carbocycles. The highest BCUT2D eigenvalue weighted by Crippen LogP contribution is 2.17. The second kappa shape index (κ2) is 7.36. The van der Waals surface area contributed by atoms with Crippen molar-refractivity contribution < 1.29 is 9.00 Å². The van der Waals surface area contributed by atoms with Crippen molar-refractivity contribution in [3.05, 3.63) is 52.2 Å². The van der Waals surface area contributed by atoms with E-state index in [0.717, 1.165) is 17.7 Å². The molecule has 0 saturated carbocycles. The minimum Gasteiger partial charge on any atom is -0.326 e. The number of hydrogen-bond donors (Lipinski definition) is 1. The summed E-state index contributed by atoms with van der Waals surface area (Å²) in [6.07, 6.45) is 2.88. The Hall–Kier alpha value is -1.46. The van der Waals surface area contributed by atoms with Gasteiger partial charge < -0.3 is 5.32 Å². The van der Waals surface area contributed by atoms with Crippen LogP contribution in [0, 0.1) is 0 Å². The first-order chi connectivity index (χ1) is 9.65. The zero-order chi connectivity index (χ0) is 14.4. The molecule has 1 amide bonds. The first-order valence-corrected chi connectivity index (χ1v) is 8.96. The lowest BCUT2D eigenvalue weighted by atomic mass is 10.2. The first kappa shape index (κ1) is 14.9. The molecule has 1 N–H and O–H groups in total. The molecule has 0 aliphatic rings. The van der Waals surface area contributed by atoms with Crippen LogP contribution in [0.5, 0.6) is 0 Å². The summed E-state index contributed by atoms with van der Waals surface area (Å²) in [5, 5.41) is 4.92. The second-order valence-electron chi connectivity index (χ2n) is 4.50. The summed E-state index contributed by atoms with van der Waals surface area (Å²) in [6, 6.07) is 11.5. The predicted molar refractivity (Wildman–Crippen MR) is 85.5 cm³/mol. The minimum absolute atomic E-state index is 0.00673. The third-order valence-electron chi connectivity index (χ3n) is 2.83. The van der Waals surface area contributed by atoms with Crippen molar-refractivity contribution in [2.45, 2.75) is 18.6 Å². The van der Waals surface area contributed by atoms with E-state index in [9.17, 15) is 9.00 Å². The van der Waals surface area contributed by atoms with Crippen molar-refractivity contribution >= 4 is 33.7 Å². The number of aryl methyl sites for hydroxylation is 1. The summed E-state index contributed by atoms with van der Waals surface area (Å²) in [6.45, 7) is 0. The number of carbonyl (C=O) groups is 1. The van der Waals surface area contributed by atoms with Crippen LogP contribution in [0.4, 0.5) is 5.69 Å². The second-order valence-corrected chi connectivity index (χ2v) is 6.97. The monoisotopic (exact) mass is 307 g/mol. The largest absolute Gasteiger partial charge is 0.326 e. The maximum absolute atomic E-state index is 12.0. The van der Waals surface area contributed by atoms with Crippen molar-refractivity contribution in [3.8, 4) is 0 Å². The van der Waals surface area contributed by atoms with Gasteiger partial charge in [-0.2, -0.15) is 0 Å². The minimum atomic E-state index is -0.919. The van der Waals surface area contributed by atoms with Gasteiger partial charge in [0, 0.05) is 34.0 Å². The third-order valence-corrected chi connectivity index (χ3v) is 4.48. The average Bonchev–Trinajstić information content (AvgIpc) is 2.91. The van der Waals surface area contributed by atoms with Crippen molar-refractivity contribution in [2.24, 2.45) is 0 Å². The molecule has 20 heavy (non-hydrogen) atoms. The number of hydrogen-bond acceptors (Lipinski definition) is 3. The number of rotatable bonds is 6. The molecule has 2 aromatic rings. The fraction of sp³-hybridized carbons (Fsp3) is 0.267. The van der Waals surface area contributed by atoms with Crippen LogP contribution in [0.1, 0.15) is 16.9 Å². The zero-order valence-electron chi connectivity index (χ0n) is 11.3. The van der Waals surface area contributed by atoms with Gasteiger partial charge in [-0.3, -0.25) is 9.00 Å². The topological polar surface area (TPSA) is 46.2 Å². The molecule has 0 spiro atoms. The van der Waals surface area contributed by atoms with Gasteiger partial charge in [-0.15, -0.1) is 11.3 Å². The van der Waals surface area contributed by atoms with Gasteiger partial charge in [-0.05, 0) is 29.5 Å². The van der Waals surface area contributed by atoms with Crippen LogP contribution in [0.15, 0.2) is 41.8 Å². The zero-order valence-corrected chi connectivity index (χ0v) is 12.9. The number of thiophene rings is 1. The highest BCUT2D eigenvalue weighted by atomic mass is 32.2. The molecule has 2 rings (SSSR count). The highest BCUT2D eigenvalue weighted by Gasteiger charge is 2.08. The van der Waals surface area contributed by atoms with Gasteiger partial charge in [0.2, 0.25) is 5.91 Å². The van der Waals surface area contributed by atoms with Gasteiger partial charge in [0.25, 0.3) is 0 Å². The molecule has 3 nitrogen and oxygen atoms in total. The lowest BCUT2D eigenvalue weighted by Crippen LogP contribution is -2.13. The maximum atomic E-state index is 12.0. The van der Waals surface area contributed by atoms with E-state index in [1.54, 1.807) is 17.6 Å². The van der Waals surface area contributed by atoms with Crippen LogP contribution in [-0.2, 0) is 27.8 Å². The Bertz CT molecular complexity index is 594. The van der Waals surface area contributed by atoms with Crippen molar-refractivity contribution in [1.82, 2.24) is 0 Å². The Balaban J connectivity index is 1.95. The van der Waals surface area contributed by atoms with E-state index in [4.69, 9.17) is 0 Å². The van der Waals surface area contributed by atoms with E-state index in [1.165, 1.54) is 4.88 Å². The Kier molecular flexibility index (Phi) is 5.49. The van der Waals surface area contributed by atoms with Crippen LogP contribution in [0.3, 0.4) is 0 Å². The number of benzene rings is 1. The van der Waals surface area contributed by atoms with Crippen LogP contribution < -0.4 is 5.32 Å². The predicted octanol–water partition coefficient (Wildman–Crippen LogP) is 3.20. The fourth-order valence-corrected chi connectivity index (χ4v) is 3.29. The SMILES string of the molecule is C[S@@](=O)Cc1ccccc1NC(=O)CCc1cccs1. The van der Waals surface area contributed by atoms with Gasteiger partial charge in [0.15, 0.2) is 0 Å². The van der Waals surface area contributed by atoms with Gasteiger partial charge in [0.1, 0.15) is 0 Å². The molecule has 0 aliphatic heterocycles. The van der Waals surface area contributed by atoms with Gasteiger partial charge in [0.05, 0.1) is 5.75 Å². The molecule has 0 saturated heterocycles. The summed E-state index contributed by atoms with van der Waals surface area (Å²) in [4.78, 5) is 13.2. The average molecular weight is 307 g/mol. The van der Waals surface area contributed by atoms with Crippen molar-refractivity contribution in [1.29, 1.82) is 0 Å². The molecule has 1 atom stereocenters. The van der Waals surface area contributed by atoms with E-state index in [0.29, 0.717) is 12.2 Å². The van der Waals surface area contributed by atoms with E-state index >= 15 is 0 Å². The molecule has 0 radical (unpaired) electrons. The van der Waals surface area contributed by atoms with E-state index in [2.05, 4.69) is 5.32 Å². The van der Waals surface area contributed by atoms with Gasteiger partial charge in [-0.25, -0.2) is 0 Å². The summed E-state index contributed by atoms with van der Waals surface area (Å²) in [7, 11) is -0.919. The van der Waals surface area contributed by atoms with E-state index in [-0.39, 0.29) is 5.91 Å². The Labute approximate surface area is 125 Å². The molecule has 0 bridgehead atoms. The molecule has 5 heteroatoms. The molecule has 106 valence electrons. The number of anilines is 1. The standard InChI is InChI=1S/C15H17NO2S2/c1-20(18)11-12-5-2-3-7-14(12)16-15(17)9-8-13-6-4-10-19-13/h2-7,10H,8-9,11H2,1H3,(H,16,17)/t20-/m1/s1. The Morgan fingerprint density at radius 2 is 2.05 bits per heavy atom. The number of amides is 1. The molecule has 0 fully saturated rings. The third kappa shape index (κ3) is 4.58. The number of nitrogens with one attached hydrogen (secondary N) is 1. The van der Waals surface area contributed by atoms with Crippen LogP contribution in [-0.4, -0.2) is 16.4 Å². The number of carbonyl (C=O) groups excluding carboxylic acids is 1. The summed E-state index contributed by atoms with van der Waals surface area (Å²) in [5.74, 6) is 0.453. The Morgan fingerprint density at radius 1 is 1.25 bits per heavy atom. The lowest BCUT2D eigenvalue weighted by Gasteiger charge is -2.09. The molecule has 1 heterocycles. The quantitative estimate of drug-likeness (QED) is 0.891. The van der Waals surface area contributed by atoms with Crippen molar-refractivity contribution in [2.75, 3.05) is 11.6 Å².